The third-order valence-corrected chi connectivity index (χ3v) is 7.37. The summed E-state index contributed by atoms with van der Waals surface area (Å²) in [5.41, 5.74) is 1.10. The van der Waals surface area contributed by atoms with Gasteiger partial charge in [-0.1, -0.05) is 13.0 Å². The number of piperidine rings is 1. The number of aromatic nitrogens is 1. The topological polar surface area (TPSA) is 39.7 Å². The van der Waals surface area contributed by atoms with Crippen LogP contribution in [0, 0.1) is 5.92 Å². The van der Waals surface area contributed by atoms with E-state index in [1.807, 2.05) is 0 Å². The van der Waals surface area contributed by atoms with E-state index in [0.29, 0.717) is 12.5 Å². The molecule has 0 spiro atoms. The van der Waals surface area contributed by atoms with Crippen LogP contribution in [0.15, 0.2) is 22.9 Å². The fourth-order valence-electron chi connectivity index (χ4n) is 3.77. The van der Waals surface area contributed by atoms with Crippen LogP contribution in [-0.2, 0) is 11.3 Å². The van der Waals surface area contributed by atoms with Gasteiger partial charge in [-0.25, -0.2) is 4.98 Å². The summed E-state index contributed by atoms with van der Waals surface area (Å²) in [6.07, 6.45) is 2.31. The number of hydrogen-bond acceptors (Lipinski definition) is 6. The lowest BCUT2D eigenvalue weighted by Gasteiger charge is -2.36. The first-order valence-corrected chi connectivity index (χ1v) is 11.6. The van der Waals surface area contributed by atoms with Crippen molar-refractivity contribution in [3.05, 3.63) is 27.9 Å². The molecule has 2 saturated heterocycles. The van der Waals surface area contributed by atoms with Crippen LogP contribution < -0.4 is 0 Å². The Bertz CT molecular complexity index is 729. The van der Waals surface area contributed by atoms with E-state index in [4.69, 9.17) is 4.98 Å². The molecule has 0 bridgehead atoms. The minimum Gasteiger partial charge on any atom is -0.342 e. The summed E-state index contributed by atoms with van der Waals surface area (Å²) in [5, 5.41) is 5.44. The zero-order chi connectivity index (χ0) is 18.6. The predicted octanol–water partition coefficient (Wildman–Crippen LogP) is 3.25. The van der Waals surface area contributed by atoms with Crippen LogP contribution in [0.4, 0.5) is 0 Å². The van der Waals surface area contributed by atoms with Crippen molar-refractivity contribution in [1.82, 2.24) is 19.7 Å². The fourth-order valence-corrected chi connectivity index (χ4v) is 5.36. The van der Waals surface area contributed by atoms with Crippen molar-refractivity contribution in [2.45, 2.75) is 26.3 Å². The summed E-state index contributed by atoms with van der Waals surface area (Å²) < 4.78 is 0. The minimum absolute atomic E-state index is 0.316. The Morgan fingerprint density at radius 2 is 1.85 bits per heavy atom. The number of hydrogen-bond donors (Lipinski definition) is 0. The molecular weight excluding hydrogens is 376 g/mol. The number of nitrogens with zero attached hydrogens (tertiary/aromatic N) is 4. The highest BCUT2D eigenvalue weighted by Crippen LogP contribution is 2.26. The lowest BCUT2D eigenvalue weighted by molar-refractivity contribution is -0.134. The van der Waals surface area contributed by atoms with E-state index in [1.54, 1.807) is 22.7 Å². The predicted molar refractivity (Wildman–Crippen MR) is 112 cm³/mol. The van der Waals surface area contributed by atoms with Crippen molar-refractivity contribution in [3.63, 3.8) is 0 Å². The van der Waals surface area contributed by atoms with Gasteiger partial charge < -0.3 is 4.90 Å². The maximum Gasteiger partial charge on any atom is 0.236 e. The first kappa shape index (κ1) is 19.1. The summed E-state index contributed by atoms with van der Waals surface area (Å²) >= 11 is 3.49. The van der Waals surface area contributed by atoms with Gasteiger partial charge in [0.2, 0.25) is 5.91 Å². The Balaban J connectivity index is 1.22. The molecule has 4 rings (SSSR count). The number of rotatable bonds is 5. The Morgan fingerprint density at radius 3 is 2.56 bits per heavy atom. The number of piperazine rings is 1. The van der Waals surface area contributed by atoms with E-state index >= 15 is 0 Å². The standard InChI is InChI=1S/C20H28N4OS2/c1-16-4-6-24(7-5-16)20(25)14-23-10-8-22(9-11-23)13-19-21-17(15-27-19)18-3-2-12-26-18/h2-3,12,15-16H,4-11,13-14H2,1H3. The largest absolute Gasteiger partial charge is 0.342 e. The molecule has 2 aromatic heterocycles. The van der Waals surface area contributed by atoms with Crippen molar-refractivity contribution < 1.29 is 4.79 Å². The maximum atomic E-state index is 12.5. The Kier molecular flexibility index (Phi) is 6.22. The first-order valence-electron chi connectivity index (χ1n) is 9.88. The molecule has 0 unspecified atom stereocenters. The molecule has 2 aliphatic heterocycles. The van der Waals surface area contributed by atoms with Crippen LogP contribution in [0.3, 0.4) is 0 Å². The number of thiazole rings is 1. The van der Waals surface area contributed by atoms with E-state index in [-0.39, 0.29) is 0 Å². The number of carbonyl (C=O) groups excluding carboxylic acids is 1. The molecule has 2 fully saturated rings. The zero-order valence-corrected chi connectivity index (χ0v) is 17.6. The van der Waals surface area contributed by atoms with E-state index in [1.165, 1.54) is 9.88 Å². The number of likely N-dealkylation sites (tertiary alicyclic amines) is 1. The number of amides is 1. The summed E-state index contributed by atoms with van der Waals surface area (Å²) in [4.78, 5) is 25.4. The van der Waals surface area contributed by atoms with Crippen molar-refractivity contribution in [2.24, 2.45) is 5.92 Å². The second-order valence-electron chi connectivity index (χ2n) is 7.72. The van der Waals surface area contributed by atoms with Gasteiger partial charge in [0.15, 0.2) is 0 Å². The molecule has 2 aliphatic rings. The van der Waals surface area contributed by atoms with Gasteiger partial charge in [-0.2, -0.15) is 0 Å². The SMILES string of the molecule is CC1CCN(C(=O)CN2CCN(Cc3nc(-c4cccs4)cs3)CC2)CC1. The molecular formula is C20H28N4OS2. The summed E-state index contributed by atoms with van der Waals surface area (Å²) in [6.45, 7) is 9.64. The average molecular weight is 405 g/mol. The molecule has 4 heterocycles. The van der Waals surface area contributed by atoms with E-state index in [2.05, 4.69) is 44.5 Å². The monoisotopic (exact) mass is 404 g/mol. The molecule has 0 radical (unpaired) electrons. The van der Waals surface area contributed by atoms with Gasteiger partial charge in [-0.05, 0) is 30.2 Å². The molecule has 27 heavy (non-hydrogen) atoms. The van der Waals surface area contributed by atoms with Crippen LogP contribution in [0.2, 0.25) is 0 Å². The fraction of sp³-hybridized carbons (Fsp3) is 0.600. The van der Waals surface area contributed by atoms with Crippen molar-refractivity contribution in [3.8, 4) is 10.6 Å². The van der Waals surface area contributed by atoms with Crippen LogP contribution in [0.25, 0.3) is 10.6 Å². The van der Waals surface area contributed by atoms with Crippen LogP contribution in [-0.4, -0.2) is 71.4 Å². The molecule has 0 atom stereocenters. The van der Waals surface area contributed by atoms with Gasteiger partial charge in [0, 0.05) is 44.6 Å². The Labute approximate surface area is 169 Å². The molecule has 0 N–H and O–H groups in total. The minimum atomic E-state index is 0.316. The molecule has 146 valence electrons. The Morgan fingerprint density at radius 1 is 1.11 bits per heavy atom. The maximum absolute atomic E-state index is 12.5. The highest BCUT2D eigenvalue weighted by atomic mass is 32.1. The highest BCUT2D eigenvalue weighted by molar-refractivity contribution is 7.14. The zero-order valence-electron chi connectivity index (χ0n) is 16.0. The summed E-state index contributed by atoms with van der Waals surface area (Å²) in [6, 6.07) is 4.20. The molecule has 0 saturated carbocycles. The number of thiophene rings is 1. The quantitative estimate of drug-likeness (QED) is 0.767. The van der Waals surface area contributed by atoms with Crippen LogP contribution >= 0.6 is 22.7 Å². The van der Waals surface area contributed by atoms with Gasteiger partial charge >= 0.3 is 0 Å². The molecule has 5 nitrogen and oxygen atoms in total. The first-order chi connectivity index (χ1) is 13.2. The van der Waals surface area contributed by atoms with Gasteiger partial charge in [0.05, 0.1) is 23.7 Å². The molecule has 0 aromatic carbocycles. The second-order valence-corrected chi connectivity index (χ2v) is 9.61. The van der Waals surface area contributed by atoms with Gasteiger partial charge in [-0.15, -0.1) is 22.7 Å². The van der Waals surface area contributed by atoms with Crippen molar-refractivity contribution in [2.75, 3.05) is 45.8 Å². The summed E-state index contributed by atoms with van der Waals surface area (Å²) in [5.74, 6) is 1.08. The van der Waals surface area contributed by atoms with Gasteiger partial charge in [-0.3, -0.25) is 14.6 Å². The molecule has 1 amide bonds. The van der Waals surface area contributed by atoms with Gasteiger partial charge in [0.25, 0.3) is 0 Å². The normalized spacial score (nSPS) is 20.3. The van der Waals surface area contributed by atoms with E-state index in [9.17, 15) is 4.79 Å². The lowest BCUT2D eigenvalue weighted by atomic mass is 9.99. The molecule has 7 heteroatoms. The molecule has 0 aliphatic carbocycles. The summed E-state index contributed by atoms with van der Waals surface area (Å²) in [7, 11) is 0. The highest BCUT2D eigenvalue weighted by Gasteiger charge is 2.24. The third-order valence-electron chi connectivity index (χ3n) is 5.64. The second kappa shape index (κ2) is 8.82. The third kappa shape index (κ3) is 4.96. The van der Waals surface area contributed by atoms with Crippen molar-refractivity contribution in [1.29, 1.82) is 0 Å². The molecule has 2 aromatic rings. The van der Waals surface area contributed by atoms with Crippen LogP contribution in [0.5, 0.6) is 0 Å². The van der Waals surface area contributed by atoms with E-state index in [0.717, 1.165) is 70.3 Å². The Hall–Kier alpha value is -1.28. The van der Waals surface area contributed by atoms with Crippen LogP contribution in [0.1, 0.15) is 24.8 Å². The van der Waals surface area contributed by atoms with E-state index < -0.39 is 0 Å². The smallest absolute Gasteiger partial charge is 0.236 e. The average Bonchev–Trinajstić information content (AvgIpc) is 3.35. The lowest BCUT2D eigenvalue weighted by Crippen LogP contribution is -2.50. The van der Waals surface area contributed by atoms with Crippen molar-refractivity contribution >= 4 is 28.6 Å². The van der Waals surface area contributed by atoms with Gasteiger partial charge in [0.1, 0.15) is 5.01 Å². The number of carbonyl (C=O) groups is 1.